The van der Waals surface area contributed by atoms with Crippen molar-refractivity contribution in [1.82, 2.24) is 3.82 Å². The number of carbonyl (C=O) groups is 1. The number of benzene rings is 1. The van der Waals surface area contributed by atoms with Crippen molar-refractivity contribution in [3.8, 4) is 0 Å². The lowest BCUT2D eigenvalue weighted by molar-refractivity contribution is -0.111. The molecule has 4 nitrogen and oxygen atoms in total. The monoisotopic (exact) mass is 233 g/mol. The van der Waals surface area contributed by atoms with Crippen LogP contribution in [0.15, 0.2) is 29.2 Å². The molecule has 1 aromatic rings. The number of rotatable bonds is 3. The van der Waals surface area contributed by atoms with Crippen LogP contribution in [0.4, 0.5) is 0 Å². The molecule has 1 aromatic carbocycles. The summed E-state index contributed by atoms with van der Waals surface area (Å²) < 4.78 is 23.0. The van der Waals surface area contributed by atoms with Crippen molar-refractivity contribution < 1.29 is 13.2 Å². The molecule has 76 valence electrons. The van der Waals surface area contributed by atoms with Crippen LogP contribution in [0.25, 0.3) is 0 Å². The molecule has 1 rings (SSSR count). The van der Waals surface area contributed by atoms with E-state index >= 15 is 0 Å². The fourth-order valence-corrected chi connectivity index (χ4v) is 1.90. The van der Waals surface area contributed by atoms with E-state index in [1.54, 1.807) is 12.1 Å². The van der Waals surface area contributed by atoms with Gasteiger partial charge in [-0.25, -0.2) is 0 Å². The fourth-order valence-electron chi connectivity index (χ4n) is 0.868. The molecule has 0 unspecified atom stereocenters. The first-order valence-electron chi connectivity index (χ1n) is 3.70. The van der Waals surface area contributed by atoms with Gasteiger partial charge in [0.2, 0.25) is 6.41 Å². The number of hydrogen-bond donors (Lipinski definition) is 0. The van der Waals surface area contributed by atoms with Crippen molar-refractivity contribution in [2.75, 3.05) is 0 Å². The number of carbonyl (C=O) groups excluding carboxylic acids is 1. The molecular weight excluding hydrogens is 226 g/mol. The van der Waals surface area contributed by atoms with Gasteiger partial charge in [0, 0.05) is 11.8 Å². The van der Waals surface area contributed by atoms with Crippen molar-refractivity contribution >= 4 is 28.2 Å². The second-order valence-corrected chi connectivity index (χ2v) is 5.05. The minimum absolute atomic E-state index is 0.00907. The minimum Gasteiger partial charge on any atom is -0.276 e. The standard InChI is InChI=1S/C8H8ClNO3S/c1-7-2-4-8(5-3-7)14(12,13)10(9)6-11/h2-6H,1H3. The predicted molar refractivity (Wildman–Crippen MR) is 52.1 cm³/mol. The number of aryl methyl sites for hydroxylation is 1. The second-order valence-electron chi connectivity index (χ2n) is 2.67. The maximum atomic E-state index is 11.4. The van der Waals surface area contributed by atoms with E-state index < -0.39 is 10.0 Å². The van der Waals surface area contributed by atoms with Crippen LogP contribution in [0.1, 0.15) is 5.56 Å². The summed E-state index contributed by atoms with van der Waals surface area (Å²) in [4.78, 5) is 10.2. The Hall–Kier alpha value is -1.07. The Balaban J connectivity index is 3.17. The minimum atomic E-state index is -3.88. The van der Waals surface area contributed by atoms with Crippen molar-refractivity contribution in [2.24, 2.45) is 0 Å². The maximum Gasteiger partial charge on any atom is 0.280 e. The molecule has 0 atom stereocenters. The van der Waals surface area contributed by atoms with Crippen LogP contribution in [0.2, 0.25) is 0 Å². The molecule has 14 heavy (non-hydrogen) atoms. The number of sulfonamides is 1. The number of nitrogens with zero attached hydrogens (tertiary/aromatic N) is 1. The Morgan fingerprint density at radius 1 is 1.29 bits per heavy atom. The van der Waals surface area contributed by atoms with E-state index in [2.05, 4.69) is 0 Å². The average Bonchev–Trinajstić information content (AvgIpc) is 2.17. The summed E-state index contributed by atoms with van der Waals surface area (Å²) in [5, 5.41) is 0. The van der Waals surface area contributed by atoms with Gasteiger partial charge in [-0.1, -0.05) is 17.7 Å². The van der Waals surface area contributed by atoms with Crippen molar-refractivity contribution in [3.05, 3.63) is 29.8 Å². The molecule has 0 aliphatic carbocycles. The van der Waals surface area contributed by atoms with Gasteiger partial charge in [0.05, 0.1) is 4.90 Å². The normalized spacial score (nSPS) is 11.0. The van der Waals surface area contributed by atoms with Gasteiger partial charge in [-0.3, -0.25) is 4.79 Å². The predicted octanol–water partition coefficient (Wildman–Crippen LogP) is 1.30. The highest BCUT2D eigenvalue weighted by molar-refractivity contribution is 7.90. The third-order valence-electron chi connectivity index (χ3n) is 1.63. The van der Waals surface area contributed by atoms with E-state index in [1.165, 1.54) is 12.1 Å². The zero-order valence-corrected chi connectivity index (χ0v) is 8.92. The van der Waals surface area contributed by atoms with Gasteiger partial charge in [-0.2, -0.15) is 8.42 Å². The smallest absolute Gasteiger partial charge is 0.276 e. The Morgan fingerprint density at radius 3 is 2.21 bits per heavy atom. The molecule has 0 fully saturated rings. The SMILES string of the molecule is Cc1ccc(S(=O)(=O)N(Cl)C=O)cc1. The van der Waals surface area contributed by atoms with Gasteiger partial charge >= 0.3 is 0 Å². The topological polar surface area (TPSA) is 54.5 Å². The van der Waals surface area contributed by atoms with Gasteiger partial charge in [0.15, 0.2) is 0 Å². The van der Waals surface area contributed by atoms with E-state index in [4.69, 9.17) is 11.8 Å². The van der Waals surface area contributed by atoms with Crippen molar-refractivity contribution in [3.63, 3.8) is 0 Å². The van der Waals surface area contributed by atoms with Crippen molar-refractivity contribution in [2.45, 2.75) is 11.8 Å². The molecule has 0 spiro atoms. The molecule has 0 heterocycles. The summed E-state index contributed by atoms with van der Waals surface area (Å²) in [5.74, 6) is 0. The first-order chi connectivity index (χ1) is 6.48. The highest BCUT2D eigenvalue weighted by Crippen LogP contribution is 2.16. The van der Waals surface area contributed by atoms with Gasteiger partial charge in [0.1, 0.15) is 0 Å². The molecule has 0 saturated heterocycles. The van der Waals surface area contributed by atoms with Crippen LogP contribution in [-0.4, -0.2) is 18.7 Å². The third kappa shape index (κ3) is 2.05. The third-order valence-corrected chi connectivity index (χ3v) is 3.67. The number of halogens is 1. The highest BCUT2D eigenvalue weighted by Gasteiger charge is 2.20. The summed E-state index contributed by atoms with van der Waals surface area (Å²) in [6.07, 6.45) is 0.0384. The van der Waals surface area contributed by atoms with Crippen LogP contribution >= 0.6 is 11.8 Å². The summed E-state index contributed by atoms with van der Waals surface area (Å²) in [7, 11) is -3.88. The zero-order valence-electron chi connectivity index (χ0n) is 7.34. The van der Waals surface area contributed by atoms with Gasteiger partial charge in [0.25, 0.3) is 10.0 Å². The second kappa shape index (κ2) is 3.98. The molecule has 0 bridgehead atoms. The van der Waals surface area contributed by atoms with Crippen molar-refractivity contribution in [1.29, 1.82) is 0 Å². The van der Waals surface area contributed by atoms with E-state index in [0.29, 0.717) is 0 Å². The summed E-state index contributed by atoms with van der Waals surface area (Å²) >= 11 is 5.21. The Labute approximate surface area is 87.3 Å². The van der Waals surface area contributed by atoms with E-state index in [0.717, 1.165) is 5.56 Å². The summed E-state index contributed by atoms with van der Waals surface area (Å²) in [6.45, 7) is 1.83. The molecule has 0 aliphatic rings. The molecule has 0 radical (unpaired) electrons. The largest absolute Gasteiger partial charge is 0.280 e. The first-order valence-corrected chi connectivity index (χ1v) is 5.48. The van der Waals surface area contributed by atoms with Crippen LogP contribution in [0, 0.1) is 6.92 Å². The van der Waals surface area contributed by atoms with Gasteiger partial charge < -0.3 is 0 Å². The van der Waals surface area contributed by atoms with E-state index in [1.807, 2.05) is 6.92 Å². The van der Waals surface area contributed by atoms with Crippen LogP contribution in [0.5, 0.6) is 0 Å². The molecule has 0 saturated carbocycles. The molecule has 6 heteroatoms. The Bertz CT molecular complexity index is 426. The molecule has 1 amide bonds. The summed E-state index contributed by atoms with van der Waals surface area (Å²) in [6, 6.07) is 6.04. The van der Waals surface area contributed by atoms with Crippen LogP contribution in [-0.2, 0) is 14.8 Å². The van der Waals surface area contributed by atoms with E-state index in [9.17, 15) is 13.2 Å². The molecule has 0 N–H and O–H groups in total. The lowest BCUT2D eigenvalue weighted by Crippen LogP contribution is -2.20. The fraction of sp³-hybridized carbons (Fsp3) is 0.125. The lowest BCUT2D eigenvalue weighted by Gasteiger charge is -2.08. The first kappa shape index (κ1) is 11.0. The average molecular weight is 234 g/mol. The molecule has 0 aromatic heterocycles. The number of amides is 1. The van der Waals surface area contributed by atoms with E-state index in [-0.39, 0.29) is 15.1 Å². The lowest BCUT2D eigenvalue weighted by atomic mass is 10.2. The number of hydrogen-bond acceptors (Lipinski definition) is 3. The summed E-state index contributed by atoms with van der Waals surface area (Å²) in [5.41, 5.74) is 0.927. The van der Waals surface area contributed by atoms with Crippen LogP contribution in [0.3, 0.4) is 0 Å². The van der Waals surface area contributed by atoms with Crippen LogP contribution < -0.4 is 0 Å². The quantitative estimate of drug-likeness (QED) is 0.584. The van der Waals surface area contributed by atoms with Gasteiger partial charge in [-0.15, -0.1) is 3.82 Å². The molecule has 0 aliphatic heterocycles. The Morgan fingerprint density at radius 2 is 1.79 bits per heavy atom. The zero-order chi connectivity index (χ0) is 10.8. The molecular formula is C8H8ClNO3S. The van der Waals surface area contributed by atoms with Gasteiger partial charge in [-0.05, 0) is 19.1 Å². The maximum absolute atomic E-state index is 11.4. The highest BCUT2D eigenvalue weighted by atomic mass is 35.5. The Kier molecular flexibility index (Phi) is 3.13.